The maximum Gasteiger partial charge on any atom is 0.238 e. The van der Waals surface area contributed by atoms with Crippen LogP contribution >= 0.6 is 0 Å². The molecule has 1 fully saturated rings. The molecule has 0 bridgehead atoms. The first-order valence-corrected chi connectivity index (χ1v) is 7.58. The predicted molar refractivity (Wildman–Crippen MR) is 87.4 cm³/mol. The highest BCUT2D eigenvalue weighted by atomic mass is 16.2. The molecule has 1 aliphatic rings. The number of benzene rings is 1. The number of para-hydroxylation sites is 1. The Hall–Kier alpha value is -1.59. The van der Waals surface area contributed by atoms with Gasteiger partial charge >= 0.3 is 0 Å². The molecule has 116 valence electrons. The van der Waals surface area contributed by atoms with Gasteiger partial charge in [0.2, 0.25) is 5.91 Å². The fraction of sp³-hybridized carbons (Fsp3) is 0.562. The zero-order valence-electron chi connectivity index (χ0n) is 13.2. The van der Waals surface area contributed by atoms with Crippen LogP contribution in [0.25, 0.3) is 0 Å². The van der Waals surface area contributed by atoms with Crippen molar-refractivity contribution in [3.05, 3.63) is 23.8 Å². The monoisotopic (exact) mass is 290 g/mol. The summed E-state index contributed by atoms with van der Waals surface area (Å²) in [7, 11) is 2.15. The summed E-state index contributed by atoms with van der Waals surface area (Å²) < 4.78 is 0. The number of nitrogens with zero attached hydrogens (tertiary/aromatic N) is 2. The maximum atomic E-state index is 12.2. The van der Waals surface area contributed by atoms with Crippen LogP contribution in [0.1, 0.15) is 18.9 Å². The Morgan fingerprint density at radius 3 is 2.86 bits per heavy atom. The minimum Gasteiger partial charge on any atom is -0.397 e. The van der Waals surface area contributed by atoms with Crippen LogP contribution in [0.15, 0.2) is 18.2 Å². The van der Waals surface area contributed by atoms with Crippen LogP contribution in [0, 0.1) is 6.92 Å². The third-order valence-corrected chi connectivity index (χ3v) is 4.27. The number of hydrogen-bond donors (Lipinski definition) is 2. The lowest BCUT2D eigenvalue weighted by Crippen LogP contribution is -2.52. The van der Waals surface area contributed by atoms with E-state index >= 15 is 0 Å². The topological polar surface area (TPSA) is 61.6 Å². The maximum absolute atomic E-state index is 12.2. The number of amides is 1. The molecule has 3 N–H and O–H groups in total. The Morgan fingerprint density at radius 2 is 2.19 bits per heavy atom. The van der Waals surface area contributed by atoms with Gasteiger partial charge in [-0.25, -0.2) is 0 Å². The summed E-state index contributed by atoms with van der Waals surface area (Å²) in [6, 6.07) is 6.20. The molecule has 0 radical (unpaired) electrons. The van der Waals surface area contributed by atoms with Gasteiger partial charge in [-0.2, -0.15) is 0 Å². The van der Waals surface area contributed by atoms with Crippen molar-refractivity contribution in [2.75, 3.05) is 44.3 Å². The number of anilines is 2. The number of piperazine rings is 1. The highest BCUT2D eigenvalue weighted by Crippen LogP contribution is 2.22. The van der Waals surface area contributed by atoms with E-state index < -0.39 is 0 Å². The highest BCUT2D eigenvalue weighted by molar-refractivity contribution is 5.96. The average molecular weight is 290 g/mol. The summed E-state index contributed by atoms with van der Waals surface area (Å²) in [5.74, 6) is 0.00964. The van der Waals surface area contributed by atoms with Gasteiger partial charge in [-0.05, 0) is 32.0 Å². The van der Waals surface area contributed by atoms with Crippen molar-refractivity contribution in [3.8, 4) is 0 Å². The van der Waals surface area contributed by atoms with Gasteiger partial charge in [0.05, 0.1) is 17.9 Å². The highest BCUT2D eigenvalue weighted by Gasteiger charge is 2.24. The van der Waals surface area contributed by atoms with Gasteiger partial charge < -0.3 is 16.0 Å². The van der Waals surface area contributed by atoms with Crippen molar-refractivity contribution >= 4 is 17.3 Å². The molecule has 2 rings (SSSR count). The molecule has 1 amide bonds. The molecule has 0 saturated carbocycles. The van der Waals surface area contributed by atoms with Crippen molar-refractivity contribution in [2.24, 2.45) is 0 Å². The number of carbonyl (C=O) groups excluding carboxylic acids is 1. The second-order valence-electron chi connectivity index (χ2n) is 5.87. The van der Waals surface area contributed by atoms with Gasteiger partial charge in [-0.15, -0.1) is 0 Å². The van der Waals surface area contributed by atoms with Crippen molar-refractivity contribution in [3.63, 3.8) is 0 Å². The molecule has 21 heavy (non-hydrogen) atoms. The number of rotatable bonds is 4. The number of nitrogens with one attached hydrogen (secondary N) is 1. The van der Waals surface area contributed by atoms with Crippen molar-refractivity contribution in [1.29, 1.82) is 0 Å². The number of hydrogen-bond acceptors (Lipinski definition) is 4. The second-order valence-corrected chi connectivity index (χ2v) is 5.87. The van der Waals surface area contributed by atoms with Crippen LogP contribution in [0.2, 0.25) is 0 Å². The molecule has 1 unspecified atom stereocenters. The Bertz CT molecular complexity index is 483. The molecule has 0 aromatic heterocycles. The predicted octanol–water partition coefficient (Wildman–Crippen LogP) is 1.54. The molecular formula is C16H26N4O. The lowest BCUT2D eigenvalue weighted by molar-refractivity contribution is -0.118. The van der Waals surface area contributed by atoms with Gasteiger partial charge in [0.25, 0.3) is 0 Å². The van der Waals surface area contributed by atoms with Crippen LogP contribution < -0.4 is 11.1 Å². The molecule has 0 aliphatic carbocycles. The summed E-state index contributed by atoms with van der Waals surface area (Å²) in [4.78, 5) is 16.8. The molecule has 1 heterocycles. The number of likely N-dealkylation sites (N-methyl/N-ethyl adjacent to an activating group) is 1. The van der Waals surface area contributed by atoms with E-state index in [1.165, 1.54) is 0 Å². The Labute approximate surface area is 127 Å². The van der Waals surface area contributed by atoms with E-state index in [1.807, 2.05) is 25.1 Å². The van der Waals surface area contributed by atoms with Gasteiger partial charge in [0.15, 0.2) is 0 Å². The van der Waals surface area contributed by atoms with E-state index in [0.29, 0.717) is 18.3 Å². The Balaban J connectivity index is 1.93. The van der Waals surface area contributed by atoms with Crippen LogP contribution in [0.4, 0.5) is 11.4 Å². The number of nitrogen functional groups attached to an aromatic ring is 1. The Kier molecular flexibility index (Phi) is 5.20. The molecule has 5 nitrogen and oxygen atoms in total. The van der Waals surface area contributed by atoms with E-state index in [9.17, 15) is 4.79 Å². The molecule has 5 heteroatoms. The minimum atomic E-state index is 0.00964. The molecule has 0 spiro atoms. The fourth-order valence-corrected chi connectivity index (χ4v) is 2.84. The van der Waals surface area contributed by atoms with E-state index in [4.69, 9.17) is 5.73 Å². The number of carbonyl (C=O) groups is 1. The van der Waals surface area contributed by atoms with Crippen LogP contribution in [-0.4, -0.2) is 55.0 Å². The number of nitrogens with two attached hydrogens (primary N) is 1. The van der Waals surface area contributed by atoms with E-state index in [2.05, 4.69) is 29.1 Å². The van der Waals surface area contributed by atoms with Gasteiger partial charge in [-0.1, -0.05) is 19.1 Å². The van der Waals surface area contributed by atoms with E-state index in [-0.39, 0.29) is 5.91 Å². The van der Waals surface area contributed by atoms with E-state index in [0.717, 1.165) is 37.3 Å². The van der Waals surface area contributed by atoms with Crippen molar-refractivity contribution in [1.82, 2.24) is 9.80 Å². The molecular weight excluding hydrogens is 264 g/mol. The van der Waals surface area contributed by atoms with Crippen LogP contribution in [0.3, 0.4) is 0 Å². The quantitative estimate of drug-likeness (QED) is 0.826. The summed E-state index contributed by atoms with van der Waals surface area (Å²) in [5, 5.41) is 2.95. The standard InChI is InChI=1S/C16H26N4O/c1-4-13-10-20(9-8-19(13)3)11-15(21)18-16-12(2)6-5-7-14(16)17/h5-7,13H,4,8-11,17H2,1-3H3,(H,18,21). The SMILES string of the molecule is CCC1CN(CC(=O)Nc2c(C)cccc2N)CCN1C. The molecule has 1 aliphatic heterocycles. The van der Waals surface area contributed by atoms with E-state index in [1.54, 1.807) is 0 Å². The molecule has 1 aromatic rings. The van der Waals surface area contributed by atoms with Crippen molar-refractivity contribution in [2.45, 2.75) is 26.3 Å². The first kappa shape index (κ1) is 15.8. The lowest BCUT2D eigenvalue weighted by Gasteiger charge is -2.38. The second kappa shape index (κ2) is 6.91. The summed E-state index contributed by atoms with van der Waals surface area (Å²) >= 11 is 0. The van der Waals surface area contributed by atoms with Crippen molar-refractivity contribution < 1.29 is 4.79 Å². The average Bonchev–Trinajstić information content (AvgIpc) is 2.45. The lowest BCUT2D eigenvalue weighted by atomic mass is 10.1. The summed E-state index contributed by atoms with van der Waals surface area (Å²) in [6.45, 7) is 7.47. The molecule has 1 aromatic carbocycles. The first-order valence-electron chi connectivity index (χ1n) is 7.58. The van der Waals surface area contributed by atoms with Crippen LogP contribution in [0.5, 0.6) is 0 Å². The largest absolute Gasteiger partial charge is 0.397 e. The molecule has 1 atom stereocenters. The third-order valence-electron chi connectivity index (χ3n) is 4.27. The zero-order chi connectivity index (χ0) is 15.4. The van der Waals surface area contributed by atoms with Gasteiger partial charge in [0.1, 0.15) is 0 Å². The molecule has 1 saturated heterocycles. The third kappa shape index (κ3) is 3.95. The Morgan fingerprint density at radius 1 is 1.43 bits per heavy atom. The summed E-state index contributed by atoms with van der Waals surface area (Å²) in [5.41, 5.74) is 8.28. The fourth-order valence-electron chi connectivity index (χ4n) is 2.84. The van der Waals surface area contributed by atoms with Gasteiger partial charge in [-0.3, -0.25) is 9.69 Å². The number of aryl methyl sites for hydroxylation is 1. The van der Waals surface area contributed by atoms with Crippen LogP contribution in [-0.2, 0) is 4.79 Å². The normalized spacial score (nSPS) is 20.4. The minimum absolute atomic E-state index is 0.00964. The smallest absolute Gasteiger partial charge is 0.238 e. The summed E-state index contributed by atoms with van der Waals surface area (Å²) in [6.07, 6.45) is 1.11. The first-order chi connectivity index (χ1) is 10.0. The van der Waals surface area contributed by atoms with Gasteiger partial charge in [0, 0.05) is 25.7 Å². The zero-order valence-corrected chi connectivity index (χ0v) is 13.2.